The average Bonchev–Trinajstić information content (AvgIpc) is 3.76. The van der Waals surface area contributed by atoms with Gasteiger partial charge in [-0.3, -0.25) is 0 Å². The van der Waals surface area contributed by atoms with Crippen molar-refractivity contribution in [2.45, 2.75) is 40.0 Å². The van der Waals surface area contributed by atoms with E-state index in [1.807, 2.05) is 24.3 Å². The van der Waals surface area contributed by atoms with E-state index < -0.39 is 34.6 Å². The minimum atomic E-state index is -5.24. The Morgan fingerprint density at radius 2 is 0.828 bits per heavy atom. The molecule has 0 radical (unpaired) electrons. The lowest BCUT2D eigenvalue weighted by Crippen LogP contribution is -2.16. The van der Waals surface area contributed by atoms with Crippen molar-refractivity contribution < 1.29 is 26.3 Å². The Bertz CT molecular complexity index is 3350. The van der Waals surface area contributed by atoms with Gasteiger partial charge in [-0.2, -0.15) is 31.6 Å². The highest BCUT2D eigenvalue weighted by Crippen LogP contribution is 2.50. The summed E-state index contributed by atoms with van der Waals surface area (Å²) in [6.07, 6.45) is -10.5. The number of aryl methyl sites for hydroxylation is 4. The third kappa shape index (κ3) is 6.57. The fourth-order valence-corrected chi connectivity index (χ4v) is 8.81. The van der Waals surface area contributed by atoms with Gasteiger partial charge < -0.3 is 9.13 Å². The van der Waals surface area contributed by atoms with Crippen LogP contribution in [0.4, 0.5) is 26.3 Å². The summed E-state index contributed by atoms with van der Waals surface area (Å²) in [4.78, 5) is 26.7. The van der Waals surface area contributed by atoms with Gasteiger partial charge in [-0.25, -0.2) is 29.9 Å². The quantitative estimate of drug-likeness (QED) is 0.158. The third-order valence-corrected chi connectivity index (χ3v) is 11.2. The molecule has 0 N–H and O–H groups in total. The molecule has 0 spiro atoms. The van der Waals surface area contributed by atoms with Gasteiger partial charge in [0.05, 0.1) is 56.2 Å². The van der Waals surface area contributed by atoms with Crippen molar-refractivity contribution in [3.05, 3.63) is 155 Å². The van der Waals surface area contributed by atoms with Gasteiger partial charge in [0.2, 0.25) is 0 Å². The fourth-order valence-electron chi connectivity index (χ4n) is 8.81. The molecule has 0 unspecified atom stereocenters. The topological polar surface area (TPSA) is 111 Å². The van der Waals surface area contributed by atoms with Crippen molar-refractivity contribution in [1.29, 1.82) is 5.26 Å². The van der Waals surface area contributed by atoms with Crippen LogP contribution in [0.5, 0.6) is 0 Å². The first kappa shape index (κ1) is 40.1. The summed E-state index contributed by atoms with van der Waals surface area (Å²) in [5.41, 5.74) is -1.60. The average molecular weight is 860 g/mol. The summed E-state index contributed by atoms with van der Waals surface area (Å²) in [5, 5.41) is 13.2. The molecule has 6 aromatic carbocycles. The van der Waals surface area contributed by atoms with Gasteiger partial charge in [-0.05, 0) is 100 Å². The van der Waals surface area contributed by atoms with Crippen molar-refractivity contribution in [3.8, 4) is 51.3 Å². The molecular weight excluding hydrogens is 829 g/mol. The molecule has 4 heterocycles. The highest BCUT2D eigenvalue weighted by molar-refractivity contribution is 6.13. The third-order valence-electron chi connectivity index (χ3n) is 11.2. The van der Waals surface area contributed by atoms with E-state index >= 15 is 26.3 Å². The normalized spacial score (nSPS) is 12.2. The number of para-hydroxylation sites is 2. The number of alkyl halides is 6. The van der Waals surface area contributed by atoms with Crippen LogP contribution >= 0.6 is 0 Å². The van der Waals surface area contributed by atoms with Gasteiger partial charge in [-0.1, -0.05) is 42.5 Å². The van der Waals surface area contributed by atoms with E-state index in [9.17, 15) is 5.26 Å². The Kier molecular flexibility index (Phi) is 9.12. The molecule has 4 aromatic heterocycles. The predicted molar refractivity (Wildman–Crippen MR) is 232 cm³/mol. The molecule has 10 rings (SSSR count). The highest BCUT2D eigenvalue weighted by Gasteiger charge is 2.43. The fraction of sp³-hybridized carbons (Fsp3) is 0.122. The smallest absolute Gasteiger partial charge is 0.308 e. The molecule has 0 saturated heterocycles. The van der Waals surface area contributed by atoms with Gasteiger partial charge in [-0.15, -0.1) is 0 Å². The highest BCUT2D eigenvalue weighted by atomic mass is 19.4. The molecule has 0 amide bonds. The predicted octanol–water partition coefficient (Wildman–Crippen LogP) is 12.4. The molecule has 15 heteroatoms. The van der Waals surface area contributed by atoms with E-state index in [4.69, 9.17) is 0 Å². The second kappa shape index (κ2) is 14.6. The molecule has 9 nitrogen and oxygen atoms in total. The molecule has 0 fully saturated rings. The Balaban J connectivity index is 1.39. The van der Waals surface area contributed by atoms with E-state index in [1.165, 1.54) is 12.1 Å². The van der Waals surface area contributed by atoms with Crippen molar-refractivity contribution in [3.63, 3.8) is 0 Å². The van der Waals surface area contributed by atoms with Crippen LogP contribution in [-0.2, 0) is 12.4 Å². The Morgan fingerprint density at radius 3 is 1.22 bits per heavy atom. The molecule has 314 valence electrons. The van der Waals surface area contributed by atoms with Gasteiger partial charge in [0.1, 0.15) is 23.3 Å². The Labute approximate surface area is 360 Å². The number of nitriles is 1. The maximum absolute atomic E-state index is 15.5. The second-order valence-corrected chi connectivity index (χ2v) is 15.4. The van der Waals surface area contributed by atoms with Gasteiger partial charge in [0.25, 0.3) is 0 Å². The monoisotopic (exact) mass is 859 g/mol. The van der Waals surface area contributed by atoms with E-state index in [1.54, 1.807) is 97.5 Å². The number of hydrogen-bond donors (Lipinski definition) is 0. The zero-order chi connectivity index (χ0) is 44.8. The minimum absolute atomic E-state index is 0.0100. The molecule has 64 heavy (non-hydrogen) atoms. The van der Waals surface area contributed by atoms with Crippen molar-refractivity contribution in [1.82, 2.24) is 39.0 Å². The van der Waals surface area contributed by atoms with E-state index in [2.05, 4.69) is 36.0 Å². The maximum Gasteiger partial charge on any atom is 0.417 e. The number of benzene rings is 6. The zero-order valence-corrected chi connectivity index (χ0v) is 34.3. The standard InChI is InChI=1S/C49H31F6N9/c1-25-57-26(2)60-46(59-25)30-16-18-40-34(22-30)32-10-5-7-14-38(32)63(40)42-20-29(24-56)21-43(45(42)44-36(48(50,51)52)12-9-13-37(44)49(53,54)55)64-39-15-8-6-11-33(39)35-23-31(17-19-41(35)64)47-61-27(3)58-28(4)62-47/h5-23H,1-4H3. The first-order valence-electron chi connectivity index (χ1n) is 19.9. The number of aromatic nitrogens is 8. The van der Waals surface area contributed by atoms with Crippen LogP contribution in [0, 0.1) is 39.0 Å². The molecule has 0 atom stereocenters. The largest absolute Gasteiger partial charge is 0.417 e. The van der Waals surface area contributed by atoms with Crippen LogP contribution in [0.15, 0.2) is 115 Å². The van der Waals surface area contributed by atoms with Crippen molar-refractivity contribution in [2.75, 3.05) is 0 Å². The lowest BCUT2D eigenvalue weighted by molar-refractivity contribution is -0.142. The van der Waals surface area contributed by atoms with Crippen LogP contribution < -0.4 is 0 Å². The summed E-state index contributed by atoms with van der Waals surface area (Å²) in [6, 6.07) is 31.7. The van der Waals surface area contributed by atoms with E-state index in [0.717, 1.165) is 6.07 Å². The summed E-state index contributed by atoms with van der Waals surface area (Å²) in [6.45, 7) is 6.96. The molecular formula is C49H31F6N9. The Hall–Kier alpha value is -7.99. The zero-order valence-electron chi connectivity index (χ0n) is 34.3. The number of nitrogens with zero attached hydrogens (tertiary/aromatic N) is 9. The van der Waals surface area contributed by atoms with E-state index in [0.29, 0.717) is 102 Å². The lowest BCUT2D eigenvalue weighted by atomic mass is 9.89. The Morgan fingerprint density at radius 1 is 0.438 bits per heavy atom. The first-order chi connectivity index (χ1) is 30.6. The molecule has 0 aliphatic rings. The molecule has 0 aliphatic heterocycles. The maximum atomic E-state index is 15.5. The van der Waals surface area contributed by atoms with Crippen molar-refractivity contribution in [2.24, 2.45) is 0 Å². The van der Waals surface area contributed by atoms with Gasteiger partial charge >= 0.3 is 12.4 Å². The lowest BCUT2D eigenvalue weighted by Gasteiger charge is -2.25. The van der Waals surface area contributed by atoms with E-state index in [-0.39, 0.29) is 16.9 Å². The molecule has 0 bridgehead atoms. The SMILES string of the molecule is Cc1nc(C)nc(-c2ccc3c(c2)c2ccccc2n3-c2cc(C#N)cc(-n3c4ccccc4c4cc(-c5nc(C)nc(C)n5)ccc43)c2-c2c(C(F)(F)F)cccc2C(F)(F)F)n1. The second-order valence-electron chi connectivity index (χ2n) is 15.4. The van der Waals surface area contributed by atoms with Crippen LogP contribution in [0.3, 0.4) is 0 Å². The summed E-state index contributed by atoms with van der Waals surface area (Å²) in [7, 11) is 0. The number of fused-ring (bicyclic) bond motifs is 6. The summed E-state index contributed by atoms with van der Waals surface area (Å²) < 4.78 is 96.1. The van der Waals surface area contributed by atoms with Crippen LogP contribution in [-0.4, -0.2) is 39.0 Å². The number of hydrogen-bond acceptors (Lipinski definition) is 7. The minimum Gasteiger partial charge on any atom is -0.308 e. The van der Waals surface area contributed by atoms with Crippen molar-refractivity contribution >= 4 is 43.6 Å². The first-order valence-corrected chi connectivity index (χ1v) is 19.9. The summed E-state index contributed by atoms with van der Waals surface area (Å²) >= 11 is 0. The number of rotatable bonds is 5. The van der Waals surface area contributed by atoms with Gasteiger partial charge in [0.15, 0.2) is 11.6 Å². The summed E-state index contributed by atoms with van der Waals surface area (Å²) in [5.74, 6) is 2.77. The van der Waals surface area contributed by atoms with Crippen LogP contribution in [0.1, 0.15) is 40.0 Å². The van der Waals surface area contributed by atoms with Gasteiger partial charge in [0, 0.05) is 43.8 Å². The molecule has 10 aromatic rings. The van der Waals surface area contributed by atoms with Crippen LogP contribution in [0.2, 0.25) is 0 Å². The van der Waals surface area contributed by atoms with Crippen LogP contribution in [0.25, 0.3) is 88.9 Å². The molecule has 0 saturated carbocycles. The number of halogens is 6. The molecule has 0 aliphatic carbocycles.